The van der Waals surface area contributed by atoms with E-state index in [-0.39, 0.29) is 18.9 Å². The normalized spacial score (nSPS) is 17.6. The van der Waals surface area contributed by atoms with Crippen LogP contribution in [0.15, 0.2) is 54.1 Å². The van der Waals surface area contributed by atoms with Gasteiger partial charge in [0.25, 0.3) is 0 Å². The van der Waals surface area contributed by atoms with Gasteiger partial charge < -0.3 is 24.5 Å². The van der Waals surface area contributed by atoms with Gasteiger partial charge in [0.1, 0.15) is 12.4 Å². The molecule has 1 amide bonds. The molecule has 1 aromatic carbocycles. The Balaban J connectivity index is 1.70. The number of nitrogens with one attached hydrogen (secondary N) is 1. The Labute approximate surface area is 177 Å². The smallest absolute Gasteiger partial charge is 0.492 e. The van der Waals surface area contributed by atoms with Gasteiger partial charge in [0.2, 0.25) is 0 Å². The molecule has 0 bridgehead atoms. The number of ether oxygens (including phenoxy) is 1. The Morgan fingerprint density at radius 1 is 1.13 bits per heavy atom. The summed E-state index contributed by atoms with van der Waals surface area (Å²) in [6.45, 7) is 8.20. The number of hydrogen-bond acceptors (Lipinski definition) is 6. The molecule has 0 saturated carbocycles. The van der Waals surface area contributed by atoms with Gasteiger partial charge in [0.05, 0.1) is 23.1 Å². The predicted molar refractivity (Wildman–Crippen MR) is 115 cm³/mol. The largest absolute Gasteiger partial charge is 0.506 e. The molecule has 0 radical (unpaired) electrons. The van der Waals surface area contributed by atoms with Crippen molar-refractivity contribution < 1.29 is 23.9 Å². The number of rotatable bonds is 6. The first-order chi connectivity index (χ1) is 14.2. The van der Waals surface area contributed by atoms with Crippen molar-refractivity contribution in [3.63, 3.8) is 0 Å². The molecule has 7 nitrogen and oxygen atoms in total. The number of carbonyl (C=O) groups is 1. The lowest BCUT2D eigenvalue weighted by molar-refractivity contribution is 0.00578. The minimum absolute atomic E-state index is 0.0759. The maximum Gasteiger partial charge on any atom is 0.492 e. The lowest BCUT2D eigenvalue weighted by atomic mass is 9.77. The molecule has 1 saturated heterocycles. The molecule has 1 fully saturated rings. The minimum Gasteiger partial charge on any atom is -0.506 e. The zero-order valence-corrected chi connectivity index (χ0v) is 17.7. The molecular formula is C22H27BN2O5. The van der Waals surface area contributed by atoms with E-state index >= 15 is 0 Å². The Kier molecular flexibility index (Phi) is 6.48. The summed E-state index contributed by atoms with van der Waals surface area (Å²) in [5.41, 5.74) is 1.16. The van der Waals surface area contributed by atoms with E-state index in [1.807, 2.05) is 58.0 Å². The van der Waals surface area contributed by atoms with Crippen LogP contribution in [0.2, 0.25) is 0 Å². The molecule has 1 aromatic heterocycles. The zero-order valence-electron chi connectivity index (χ0n) is 17.7. The van der Waals surface area contributed by atoms with Crippen molar-refractivity contribution in [1.29, 1.82) is 0 Å². The van der Waals surface area contributed by atoms with E-state index < -0.39 is 24.4 Å². The Bertz CT molecular complexity index is 882. The maximum atomic E-state index is 12.2. The number of alkyl carbamates (subject to hydrolysis) is 1. The van der Waals surface area contributed by atoms with Gasteiger partial charge in [0.15, 0.2) is 0 Å². The van der Waals surface area contributed by atoms with E-state index in [4.69, 9.17) is 14.0 Å². The fraction of sp³-hybridized carbons (Fsp3) is 0.364. The molecule has 2 aromatic rings. The van der Waals surface area contributed by atoms with Crippen molar-refractivity contribution in [2.45, 2.75) is 45.5 Å². The molecule has 3 rings (SSSR count). The third-order valence-electron chi connectivity index (χ3n) is 5.31. The van der Waals surface area contributed by atoms with Gasteiger partial charge in [-0.3, -0.25) is 4.98 Å². The molecule has 0 atom stereocenters. The third-order valence-corrected chi connectivity index (χ3v) is 5.31. The summed E-state index contributed by atoms with van der Waals surface area (Å²) in [4.78, 5) is 16.4. The first kappa shape index (κ1) is 21.9. The Morgan fingerprint density at radius 3 is 2.40 bits per heavy atom. The monoisotopic (exact) mass is 410 g/mol. The van der Waals surface area contributed by atoms with E-state index in [0.29, 0.717) is 11.2 Å². The molecule has 0 aliphatic carbocycles. The van der Waals surface area contributed by atoms with Gasteiger partial charge in [0, 0.05) is 6.54 Å². The molecule has 158 valence electrons. The summed E-state index contributed by atoms with van der Waals surface area (Å²) < 4.78 is 17.5. The van der Waals surface area contributed by atoms with Gasteiger partial charge in [-0.2, -0.15) is 0 Å². The fourth-order valence-corrected chi connectivity index (χ4v) is 2.82. The summed E-state index contributed by atoms with van der Waals surface area (Å²) in [6.07, 6.45) is 2.59. The Morgan fingerprint density at radius 2 is 1.80 bits per heavy atom. The van der Waals surface area contributed by atoms with Gasteiger partial charge in [-0.25, -0.2) is 4.79 Å². The highest BCUT2D eigenvalue weighted by Crippen LogP contribution is 2.38. The predicted octanol–water partition coefficient (Wildman–Crippen LogP) is 3.73. The summed E-state index contributed by atoms with van der Waals surface area (Å²) in [7, 11) is -0.653. The molecule has 2 heterocycles. The number of benzene rings is 1. The number of carbonyl (C=O) groups excluding carboxylic acids is 1. The number of amides is 1. The first-order valence-electron chi connectivity index (χ1n) is 9.82. The summed E-state index contributed by atoms with van der Waals surface area (Å²) in [5.74, 6) is 0.0759. The van der Waals surface area contributed by atoms with Crippen molar-refractivity contribution in [3.05, 3.63) is 65.4 Å². The van der Waals surface area contributed by atoms with E-state index in [1.165, 1.54) is 6.20 Å². The van der Waals surface area contributed by atoms with Crippen molar-refractivity contribution >= 4 is 19.3 Å². The summed E-state index contributed by atoms with van der Waals surface area (Å²) in [6, 6.07) is 12.7. The second-order valence-corrected chi connectivity index (χ2v) is 8.16. The third kappa shape index (κ3) is 5.40. The van der Waals surface area contributed by atoms with Gasteiger partial charge >= 0.3 is 13.2 Å². The highest BCUT2D eigenvalue weighted by Gasteiger charge is 2.52. The zero-order chi connectivity index (χ0) is 21.8. The van der Waals surface area contributed by atoms with Crippen molar-refractivity contribution in [2.75, 3.05) is 6.54 Å². The van der Waals surface area contributed by atoms with Gasteiger partial charge in [-0.1, -0.05) is 30.3 Å². The lowest BCUT2D eigenvalue weighted by Gasteiger charge is -2.32. The van der Waals surface area contributed by atoms with Crippen LogP contribution in [-0.4, -0.2) is 41.0 Å². The summed E-state index contributed by atoms with van der Waals surface area (Å²) in [5, 5.41) is 12.2. The van der Waals surface area contributed by atoms with Gasteiger partial charge in [-0.15, -0.1) is 0 Å². The number of hydrogen-bond donors (Lipinski definition) is 2. The highest BCUT2D eigenvalue weighted by atomic mass is 16.7. The van der Waals surface area contributed by atoms with Crippen molar-refractivity contribution in [1.82, 2.24) is 10.3 Å². The van der Waals surface area contributed by atoms with Gasteiger partial charge in [-0.05, 0) is 56.9 Å². The molecule has 1 aliphatic heterocycles. The van der Waals surface area contributed by atoms with Crippen LogP contribution in [0.4, 0.5) is 4.79 Å². The molecule has 1 aliphatic rings. The SMILES string of the molecule is CC1(C)OB(C(=Cc2ccc(O)cn2)CNC(=O)OCc2ccccc2)OC1(C)C. The molecule has 8 heteroatoms. The van der Waals surface area contributed by atoms with E-state index in [2.05, 4.69) is 10.3 Å². The quantitative estimate of drug-likeness (QED) is 0.706. The van der Waals surface area contributed by atoms with Crippen LogP contribution in [0.25, 0.3) is 6.08 Å². The Hall–Kier alpha value is -2.84. The van der Waals surface area contributed by atoms with Crippen molar-refractivity contribution in [2.24, 2.45) is 0 Å². The fourth-order valence-electron chi connectivity index (χ4n) is 2.82. The van der Waals surface area contributed by atoms with Crippen LogP contribution in [0.3, 0.4) is 0 Å². The van der Waals surface area contributed by atoms with E-state index in [1.54, 1.807) is 18.2 Å². The van der Waals surface area contributed by atoms with E-state index in [0.717, 1.165) is 5.56 Å². The molecule has 30 heavy (non-hydrogen) atoms. The second kappa shape index (κ2) is 8.89. The first-order valence-corrected chi connectivity index (χ1v) is 9.82. The lowest BCUT2D eigenvalue weighted by Crippen LogP contribution is -2.41. The maximum absolute atomic E-state index is 12.2. The second-order valence-electron chi connectivity index (χ2n) is 8.16. The molecule has 0 unspecified atom stereocenters. The highest BCUT2D eigenvalue weighted by molar-refractivity contribution is 6.56. The van der Waals surface area contributed by atoms with Crippen LogP contribution in [0.1, 0.15) is 39.0 Å². The van der Waals surface area contributed by atoms with Crippen LogP contribution in [0, 0.1) is 0 Å². The standard InChI is InChI=1S/C22H27BN2O5/c1-21(2)22(3,4)30-23(29-21)17(12-18-10-11-19(26)14-24-18)13-25-20(27)28-15-16-8-6-5-7-9-16/h5-12,14,26H,13,15H2,1-4H3,(H,25,27). The van der Waals surface area contributed by atoms with Crippen molar-refractivity contribution in [3.8, 4) is 5.75 Å². The van der Waals surface area contributed by atoms with Crippen LogP contribution in [-0.2, 0) is 20.7 Å². The van der Waals surface area contributed by atoms with Crippen LogP contribution >= 0.6 is 0 Å². The average molecular weight is 410 g/mol. The van der Waals surface area contributed by atoms with E-state index in [9.17, 15) is 9.90 Å². The number of aromatic nitrogens is 1. The van der Waals surface area contributed by atoms with Crippen LogP contribution in [0.5, 0.6) is 5.75 Å². The topological polar surface area (TPSA) is 89.9 Å². The minimum atomic E-state index is -0.653. The number of pyridine rings is 1. The number of nitrogens with zero attached hydrogens (tertiary/aromatic N) is 1. The van der Waals surface area contributed by atoms with Crippen LogP contribution < -0.4 is 5.32 Å². The molecule has 0 spiro atoms. The molecule has 2 N–H and O–H groups in total. The molecular weight excluding hydrogens is 383 g/mol. The number of aromatic hydroxyl groups is 1. The average Bonchev–Trinajstić information content (AvgIpc) is 2.93. The summed E-state index contributed by atoms with van der Waals surface area (Å²) >= 11 is 0.